The van der Waals surface area contributed by atoms with Crippen molar-refractivity contribution in [3.05, 3.63) is 11.1 Å². The van der Waals surface area contributed by atoms with Crippen LogP contribution in [0.2, 0.25) is 0 Å². The van der Waals surface area contributed by atoms with Crippen LogP contribution in [0, 0.1) is 0 Å². The second-order valence-corrected chi connectivity index (χ2v) is 3.24. The molecule has 0 aromatic carbocycles. The van der Waals surface area contributed by atoms with Crippen LogP contribution < -0.4 is 5.32 Å². The van der Waals surface area contributed by atoms with Crippen molar-refractivity contribution < 1.29 is 5.11 Å². The van der Waals surface area contributed by atoms with Gasteiger partial charge in [0.25, 0.3) is 0 Å². The maximum atomic E-state index is 8.71. The van der Waals surface area contributed by atoms with E-state index < -0.39 is 0 Å². The van der Waals surface area contributed by atoms with E-state index in [1.54, 1.807) is 11.1 Å². The van der Waals surface area contributed by atoms with Gasteiger partial charge in [-0.3, -0.25) is 4.90 Å². The summed E-state index contributed by atoms with van der Waals surface area (Å²) >= 11 is 0. The van der Waals surface area contributed by atoms with Gasteiger partial charge in [-0.25, -0.2) is 0 Å². The minimum Gasteiger partial charge on any atom is -0.395 e. The first-order chi connectivity index (χ1) is 5.40. The minimum absolute atomic E-state index is 0.286. The summed E-state index contributed by atoms with van der Waals surface area (Å²) in [5.41, 5.74) is 3.11. The number of nitrogens with one attached hydrogen (secondary N) is 1. The van der Waals surface area contributed by atoms with Gasteiger partial charge in [0, 0.05) is 32.7 Å². The topological polar surface area (TPSA) is 35.5 Å². The summed E-state index contributed by atoms with van der Waals surface area (Å²) in [7, 11) is 0. The molecule has 2 N–H and O–H groups in total. The standard InChI is InChI=1S/C8H14N2O/c11-2-1-10-5-7-3-9-4-8(7)6-10/h9,11H,1-6H2. The Morgan fingerprint density at radius 3 is 2.45 bits per heavy atom. The first kappa shape index (κ1) is 7.28. The molecule has 2 heterocycles. The Balaban J connectivity index is 1.90. The van der Waals surface area contributed by atoms with Crippen LogP contribution in [0.15, 0.2) is 11.1 Å². The van der Waals surface area contributed by atoms with Crippen molar-refractivity contribution in [2.75, 3.05) is 39.3 Å². The van der Waals surface area contributed by atoms with Crippen molar-refractivity contribution in [3.8, 4) is 0 Å². The highest BCUT2D eigenvalue weighted by atomic mass is 16.3. The molecule has 0 fully saturated rings. The van der Waals surface area contributed by atoms with E-state index in [1.807, 2.05) is 0 Å². The molecule has 0 spiro atoms. The van der Waals surface area contributed by atoms with Gasteiger partial charge in [0.2, 0.25) is 0 Å². The Morgan fingerprint density at radius 2 is 1.91 bits per heavy atom. The van der Waals surface area contributed by atoms with Crippen molar-refractivity contribution in [2.45, 2.75) is 0 Å². The molecule has 2 aliphatic rings. The fourth-order valence-corrected chi connectivity index (χ4v) is 1.84. The van der Waals surface area contributed by atoms with E-state index in [0.717, 1.165) is 32.7 Å². The molecule has 0 unspecified atom stereocenters. The molecule has 2 rings (SSSR count). The third-order valence-electron chi connectivity index (χ3n) is 2.42. The molecule has 0 atom stereocenters. The average molecular weight is 154 g/mol. The highest BCUT2D eigenvalue weighted by molar-refractivity contribution is 5.29. The Hall–Kier alpha value is -0.380. The maximum absolute atomic E-state index is 8.71. The molecule has 0 aromatic rings. The molecule has 2 aliphatic heterocycles. The fraction of sp³-hybridized carbons (Fsp3) is 0.750. The predicted octanol–water partition coefficient (Wildman–Crippen LogP) is -0.806. The number of hydrogen-bond donors (Lipinski definition) is 2. The number of rotatable bonds is 2. The molecular weight excluding hydrogens is 140 g/mol. The zero-order valence-corrected chi connectivity index (χ0v) is 6.64. The van der Waals surface area contributed by atoms with Crippen LogP contribution in [0.5, 0.6) is 0 Å². The second-order valence-electron chi connectivity index (χ2n) is 3.24. The molecule has 3 heteroatoms. The van der Waals surface area contributed by atoms with Gasteiger partial charge in [0.1, 0.15) is 0 Å². The van der Waals surface area contributed by atoms with E-state index in [0.29, 0.717) is 0 Å². The van der Waals surface area contributed by atoms with E-state index >= 15 is 0 Å². The summed E-state index contributed by atoms with van der Waals surface area (Å²) < 4.78 is 0. The molecule has 0 bridgehead atoms. The van der Waals surface area contributed by atoms with Crippen LogP contribution in [-0.2, 0) is 0 Å². The molecule has 0 saturated carbocycles. The van der Waals surface area contributed by atoms with Crippen molar-refractivity contribution in [2.24, 2.45) is 0 Å². The van der Waals surface area contributed by atoms with E-state index in [4.69, 9.17) is 5.11 Å². The minimum atomic E-state index is 0.286. The molecule has 11 heavy (non-hydrogen) atoms. The smallest absolute Gasteiger partial charge is 0.0558 e. The molecule has 0 aromatic heterocycles. The second kappa shape index (κ2) is 2.93. The van der Waals surface area contributed by atoms with Gasteiger partial charge in [-0.05, 0) is 11.1 Å². The molecule has 62 valence electrons. The van der Waals surface area contributed by atoms with Gasteiger partial charge in [0.05, 0.1) is 6.61 Å². The van der Waals surface area contributed by atoms with Crippen LogP contribution in [-0.4, -0.2) is 49.3 Å². The zero-order chi connectivity index (χ0) is 7.68. The molecular formula is C8H14N2O. The van der Waals surface area contributed by atoms with Gasteiger partial charge < -0.3 is 10.4 Å². The quantitative estimate of drug-likeness (QED) is 0.511. The van der Waals surface area contributed by atoms with Crippen LogP contribution in [0.4, 0.5) is 0 Å². The SMILES string of the molecule is OCCN1CC2=C(CNC2)C1. The van der Waals surface area contributed by atoms with Gasteiger partial charge in [-0.2, -0.15) is 0 Å². The summed E-state index contributed by atoms with van der Waals surface area (Å²) in [6.07, 6.45) is 0. The highest BCUT2D eigenvalue weighted by Crippen LogP contribution is 2.19. The number of β-amino-alcohol motifs (C(OH)–C–C–N with tert-alkyl or cyclic N) is 1. The predicted molar refractivity (Wildman–Crippen MR) is 43.4 cm³/mol. The Bertz CT molecular complexity index is 173. The fourth-order valence-electron chi connectivity index (χ4n) is 1.84. The summed E-state index contributed by atoms with van der Waals surface area (Å²) in [6.45, 7) is 5.39. The van der Waals surface area contributed by atoms with Gasteiger partial charge in [-0.1, -0.05) is 0 Å². The molecule has 0 saturated heterocycles. The summed E-state index contributed by atoms with van der Waals surface area (Å²) in [4.78, 5) is 2.30. The van der Waals surface area contributed by atoms with E-state index in [-0.39, 0.29) is 6.61 Å². The van der Waals surface area contributed by atoms with Gasteiger partial charge in [-0.15, -0.1) is 0 Å². The molecule has 0 amide bonds. The average Bonchev–Trinajstić information content (AvgIpc) is 2.46. The number of aliphatic hydroxyl groups excluding tert-OH is 1. The number of hydrogen-bond acceptors (Lipinski definition) is 3. The third-order valence-corrected chi connectivity index (χ3v) is 2.42. The van der Waals surface area contributed by atoms with Crippen LogP contribution in [0.1, 0.15) is 0 Å². The molecule has 0 radical (unpaired) electrons. The van der Waals surface area contributed by atoms with Crippen LogP contribution in [0.25, 0.3) is 0 Å². The highest BCUT2D eigenvalue weighted by Gasteiger charge is 2.24. The third kappa shape index (κ3) is 1.31. The van der Waals surface area contributed by atoms with Crippen molar-refractivity contribution >= 4 is 0 Å². The van der Waals surface area contributed by atoms with Crippen molar-refractivity contribution in [1.82, 2.24) is 10.2 Å². The van der Waals surface area contributed by atoms with Gasteiger partial charge in [0.15, 0.2) is 0 Å². The zero-order valence-electron chi connectivity index (χ0n) is 6.64. The van der Waals surface area contributed by atoms with Crippen LogP contribution >= 0.6 is 0 Å². The van der Waals surface area contributed by atoms with Crippen LogP contribution in [0.3, 0.4) is 0 Å². The Kier molecular flexibility index (Phi) is 1.94. The summed E-state index contributed by atoms with van der Waals surface area (Å²) in [5, 5.41) is 12.0. The van der Waals surface area contributed by atoms with Gasteiger partial charge >= 0.3 is 0 Å². The maximum Gasteiger partial charge on any atom is 0.0558 e. The lowest BCUT2D eigenvalue weighted by atomic mass is 10.2. The van der Waals surface area contributed by atoms with E-state index in [2.05, 4.69) is 10.2 Å². The molecule has 3 nitrogen and oxygen atoms in total. The lowest BCUT2D eigenvalue weighted by molar-refractivity contribution is 0.222. The van der Waals surface area contributed by atoms with Crippen molar-refractivity contribution in [3.63, 3.8) is 0 Å². The summed E-state index contributed by atoms with van der Waals surface area (Å²) in [5.74, 6) is 0. The largest absolute Gasteiger partial charge is 0.395 e. The lowest BCUT2D eigenvalue weighted by Gasteiger charge is -2.15. The monoisotopic (exact) mass is 154 g/mol. The first-order valence-corrected chi connectivity index (χ1v) is 4.14. The van der Waals surface area contributed by atoms with Crippen molar-refractivity contribution in [1.29, 1.82) is 0 Å². The first-order valence-electron chi connectivity index (χ1n) is 4.14. The summed E-state index contributed by atoms with van der Waals surface area (Å²) in [6, 6.07) is 0. The van der Waals surface area contributed by atoms with E-state index in [9.17, 15) is 0 Å². The normalized spacial score (nSPS) is 24.8. The van der Waals surface area contributed by atoms with E-state index in [1.165, 1.54) is 0 Å². The molecule has 0 aliphatic carbocycles. The number of nitrogens with zero attached hydrogens (tertiary/aromatic N) is 1. The lowest BCUT2D eigenvalue weighted by Crippen LogP contribution is -2.29. The number of aliphatic hydroxyl groups is 1. The Morgan fingerprint density at radius 1 is 1.27 bits per heavy atom. The Labute approximate surface area is 66.7 Å².